The van der Waals surface area contributed by atoms with Crippen LogP contribution in [0.15, 0.2) is 36.4 Å². The van der Waals surface area contributed by atoms with Crippen molar-refractivity contribution in [2.45, 2.75) is 19.4 Å². The van der Waals surface area contributed by atoms with Crippen molar-refractivity contribution in [1.29, 1.82) is 0 Å². The topological polar surface area (TPSA) is 60.7 Å². The third-order valence-electron chi connectivity index (χ3n) is 3.05. The lowest BCUT2D eigenvalue weighted by Crippen LogP contribution is -2.02. The standard InChI is InChI=1S/C15H15ClO3/c1-9-6-14(18)12(8-13(9)17)15(19)7-10-2-4-11(16)5-3-10/h2-6,8,15,17-19H,7H2,1H3. The lowest BCUT2D eigenvalue weighted by Gasteiger charge is -2.14. The molecule has 0 spiro atoms. The maximum atomic E-state index is 10.1. The molecule has 0 bridgehead atoms. The summed E-state index contributed by atoms with van der Waals surface area (Å²) < 4.78 is 0. The fourth-order valence-corrected chi connectivity index (χ4v) is 2.04. The van der Waals surface area contributed by atoms with Gasteiger partial charge in [-0.1, -0.05) is 23.7 Å². The van der Waals surface area contributed by atoms with Crippen molar-refractivity contribution in [3.63, 3.8) is 0 Å². The zero-order valence-electron chi connectivity index (χ0n) is 10.5. The van der Waals surface area contributed by atoms with E-state index in [1.54, 1.807) is 19.1 Å². The molecule has 2 rings (SSSR count). The molecular formula is C15H15ClO3. The zero-order chi connectivity index (χ0) is 14.0. The molecule has 0 saturated heterocycles. The Bertz CT molecular complexity index is 579. The Hall–Kier alpha value is -1.71. The molecule has 2 aromatic carbocycles. The van der Waals surface area contributed by atoms with Gasteiger partial charge in [-0.05, 0) is 42.3 Å². The van der Waals surface area contributed by atoms with E-state index in [0.717, 1.165) is 5.56 Å². The van der Waals surface area contributed by atoms with Crippen molar-refractivity contribution in [2.24, 2.45) is 0 Å². The van der Waals surface area contributed by atoms with Crippen LogP contribution in [-0.4, -0.2) is 15.3 Å². The Morgan fingerprint density at radius 1 is 1.05 bits per heavy atom. The minimum absolute atomic E-state index is 0.0169. The third-order valence-corrected chi connectivity index (χ3v) is 3.30. The van der Waals surface area contributed by atoms with E-state index in [1.807, 2.05) is 12.1 Å². The average molecular weight is 279 g/mol. The van der Waals surface area contributed by atoms with Crippen LogP contribution in [0, 0.1) is 6.92 Å². The van der Waals surface area contributed by atoms with Gasteiger partial charge in [0, 0.05) is 17.0 Å². The molecule has 0 aromatic heterocycles. The van der Waals surface area contributed by atoms with Gasteiger partial charge in [0.05, 0.1) is 6.10 Å². The number of phenols is 2. The molecule has 3 N–H and O–H groups in total. The highest BCUT2D eigenvalue weighted by atomic mass is 35.5. The van der Waals surface area contributed by atoms with Crippen LogP contribution >= 0.6 is 11.6 Å². The van der Waals surface area contributed by atoms with Crippen molar-refractivity contribution in [2.75, 3.05) is 0 Å². The van der Waals surface area contributed by atoms with Crippen LogP contribution in [0.3, 0.4) is 0 Å². The highest BCUT2D eigenvalue weighted by Crippen LogP contribution is 2.32. The first-order valence-corrected chi connectivity index (χ1v) is 6.30. The van der Waals surface area contributed by atoms with Gasteiger partial charge in [0.2, 0.25) is 0 Å². The molecule has 2 aromatic rings. The number of aliphatic hydroxyl groups is 1. The summed E-state index contributed by atoms with van der Waals surface area (Å²) in [6.45, 7) is 1.68. The molecule has 0 heterocycles. The number of hydrogen-bond acceptors (Lipinski definition) is 3. The largest absolute Gasteiger partial charge is 0.508 e. The second kappa shape index (κ2) is 5.51. The fourth-order valence-electron chi connectivity index (χ4n) is 1.92. The average Bonchev–Trinajstić information content (AvgIpc) is 2.36. The highest BCUT2D eigenvalue weighted by Gasteiger charge is 2.15. The molecule has 4 heteroatoms. The monoisotopic (exact) mass is 278 g/mol. The summed E-state index contributed by atoms with van der Waals surface area (Å²) >= 11 is 5.79. The first-order chi connectivity index (χ1) is 8.97. The molecule has 0 aliphatic rings. The number of benzene rings is 2. The van der Waals surface area contributed by atoms with Crippen molar-refractivity contribution in [3.8, 4) is 11.5 Å². The second-order valence-corrected chi connectivity index (χ2v) is 4.98. The summed E-state index contributed by atoms with van der Waals surface area (Å²) in [5, 5.41) is 30.2. The first kappa shape index (κ1) is 13.7. The normalized spacial score (nSPS) is 12.4. The van der Waals surface area contributed by atoms with Crippen molar-refractivity contribution >= 4 is 11.6 Å². The summed E-state index contributed by atoms with van der Waals surface area (Å²) in [5.74, 6) is 0.0414. The van der Waals surface area contributed by atoms with Crippen molar-refractivity contribution in [1.82, 2.24) is 0 Å². The number of rotatable bonds is 3. The summed E-state index contributed by atoms with van der Waals surface area (Å²) in [5.41, 5.74) is 1.79. The Balaban J connectivity index is 2.22. The van der Waals surface area contributed by atoms with Crippen LogP contribution in [-0.2, 0) is 6.42 Å². The number of hydrogen-bond donors (Lipinski definition) is 3. The van der Waals surface area contributed by atoms with Crippen LogP contribution in [0.5, 0.6) is 11.5 Å². The van der Waals surface area contributed by atoms with Crippen LogP contribution in [0.1, 0.15) is 22.8 Å². The van der Waals surface area contributed by atoms with E-state index < -0.39 is 6.10 Å². The van der Waals surface area contributed by atoms with Gasteiger partial charge in [-0.25, -0.2) is 0 Å². The van der Waals surface area contributed by atoms with E-state index >= 15 is 0 Å². The lowest BCUT2D eigenvalue weighted by molar-refractivity contribution is 0.174. The number of aromatic hydroxyl groups is 2. The smallest absolute Gasteiger partial charge is 0.121 e. The molecule has 1 unspecified atom stereocenters. The van der Waals surface area contributed by atoms with Gasteiger partial charge < -0.3 is 15.3 Å². The van der Waals surface area contributed by atoms with Gasteiger partial charge in [0.1, 0.15) is 11.5 Å². The molecule has 0 fully saturated rings. The lowest BCUT2D eigenvalue weighted by atomic mass is 9.99. The molecule has 0 radical (unpaired) electrons. The van der Waals surface area contributed by atoms with E-state index in [2.05, 4.69) is 0 Å². The molecule has 100 valence electrons. The van der Waals surface area contributed by atoms with Gasteiger partial charge >= 0.3 is 0 Å². The molecule has 19 heavy (non-hydrogen) atoms. The molecular weight excluding hydrogens is 264 g/mol. The number of phenolic OH excluding ortho intramolecular Hbond substituents is 2. The van der Waals surface area contributed by atoms with Gasteiger partial charge in [-0.2, -0.15) is 0 Å². The molecule has 0 aliphatic heterocycles. The number of aryl methyl sites for hydroxylation is 1. The molecule has 3 nitrogen and oxygen atoms in total. The van der Waals surface area contributed by atoms with Gasteiger partial charge in [0.15, 0.2) is 0 Å². The van der Waals surface area contributed by atoms with Crippen LogP contribution < -0.4 is 0 Å². The Morgan fingerprint density at radius 3 is 2.32 bits per heavy atom. The van der Waals surface area contributed by atoms with Gasteiger partial charge in [-0.3, -0.25) is 0 Å². The van der Waals surface area contributed by atoms with Crippen LogP contribution in [0.4, 0.5) is 0 Å². The minimum atomic E-state index is -0.882. The van der Waals surface area contributed by atoms with Crippen molar-refractivity contribution < 1.29 is 15.3 Å². The van der Waals surface area contributed by atoms with Crippen LogP contribution in [0.2, 0.25) is 5.02 Å². The predicted octanol–water partition coefficient (Wildman–Crippen LogP) is 3.34. The Morgan fingerprint density at radius 2 is 1.68 bits per heavy atom. The quantitative estimate of drug-likeness (QED) is 0.755. The maximum Gasteiger partial charge on any atom is 0.121 e. The Labute approximate surface area is 116 Å². The Kier molecular flexibility index (Phi) is 3.98. The number of aliphatic hydroxyl groups excluding tert-OH is 1. The molecule has 0 saturated carbocycles. The van der Waals surface area contributed by atoms with E-state index in [9.17, 15) is 15.3 Å². The number of halogens is 1. The second-order valence-electron chi connectivity index (χ2n) is 4.54. The van der Waals surface area contributed by atoms with Gasteiger partial charge in [0.25, 0.3) is 0 Å². The summed E-state index contributed by atoms with van der Waals surface area (Å²) in [4.78, 5) is 0. The van der Waals surface area contributed by atoms with E-state index in [0.29, 0.717) is 22.6 Å². The van der Waals surface area contributed by atoms with Gasteiger partial charge in [-0.15, -0.1) is 0 Å². The summed E-state index contributed by atoms with van der Waals surface area (Å²) in [6, 6.07) is 9.96. The van der Waals surface area contributed by atoms with E-state index in [4.69, 9.17) is 11.6 Å². The van der Waals surface area contributed by atoms with E-state index in [1.165, 1.54) is 12.1 Å². The van der Waals surface area contributed by atoms with Crippen LogP contribution in [0.25, 0.3) is 0 Å². The SMILES string of the molecule is Cc1cc(O)c(C(O)Cc2ccc(Cl)cc2)cc1O. The third kappa shape index (κ3) is 3.19. The fraction of sp³-hybridized carbons (Fsp3) is 0.200. The summed E-state index contributed by atoms with van der Waals surface area (Å²) in [6.07, 6.45) is -0.541. The molecule has 0 aliphatic carbocycles. The summed E-state index contributed by atoms with van der Waals surface area (Å²) in [7, 11) is 0. The predicted molar refractivity (Wildman–Crippen MR) is 74.6 cm³/mol. The van der Waals surface area contributed by atoms with Crippen molar-refractivity contribution in [3.05, 3.63) is 58.1 Å². The first-order valence-electron chi connectivity index (χ1n) is 5.92. The maximum absolute atomic E-state index is 10.1. The molecule has 0 amide bonds. The molecule has 1 atom stereocenters. The van der Waals surface area contributed by atoms with E-state index in [-0.39, 0.29) is 11.5 Å². The highest BCUT2D eigenvalue weighted by molar-refractivity contribution is 6.30. The minimum Gasteiger partial charge on any atom is -0.508 e. The zero-order valence-corrected chi connectivity index (χ0v) is 11.2.